The van der Waals surface area contributed by atoms with Crippen LogP contribution < -0.4 is 5.32 Å². The zero-order valence-electron chi connectivity index (χ0n) is 10.8. The van der Waals surface area contributed by atoms with Crippen LogP contribution in [0, 0.1) is 10.1 Å². The highest BCUT2D eigenvalue weighted by Crippen LogP contribution is 2.24. The van der Waals surface area contributed by atoms with Gasteiger partial charge in [-0.2, -0.15) is 0 Å². The Bertz CT molecular complexity index is 664. The Balaban J connectivity index is 1.97. The second-order valence-electron chi connectivity index (χ2n) is 4.18. The minimum atomic E-state index is -0.625. The van der Waals surface area contributed by atoms with E-state index in [0.717, 1.165) is 11.6 Å². The van der Waals surface area contributed by atoms with Crippen molar-refractivity contribution >= 4 is 23.2 Å². The van der Waals surface area contributed by atoms with Gasteiger partial charge in [-0.05, 0) is 24.1 Å². The Labute approximate surface area is 125 Å². The van der Waals surface area contributed by atoms with Gasteiger partial charge in [0.15, 0.2) is 0 Å². The summed E-state index contributed by atoms with van der Waals surface area (Å²) in [4.78, 5) is 29.8. The first-order valence-corrected chi connectivity index (χ1v) is 6.42. The molecule has 0 bridgehead atoms. The van der Waals surface area contributed by atoms with E-state index >= 15 is 0 Å². The third-order valence-electron chi connectivity index (χ3n) is 2.72. The molecule has 2 aromatic rings. The molecular formula is C13H11ClN4O3. The number of benzene rings is 1. The molecule has 2 rings (SSSR count). The summed E-state index contributed by atoms with van der Waals surface area (Å²) in [5.74, 6) is -0.397. The van der Waals surface area contributed by atoms with Crippen LogP contribution in [0.2, 0.25) is 5.02 Å². The van der Waals surface area contributed by atoms with E-state index < -0.39 is 10.8 Å². The monoisotopic (exact) mass is 306 g/mol. The van der Waals surface area contributed by atoms with Crippen LogP contribution in [0.1, 0.15) is 15.9 Å². The van der Waals surface area contributed by atoms with Crippen molar-refractivity contribution in [2.24, 2.45) is 0 Å². The first kappa shape index (κ1) is 14.9. The van der Waals surface area contributed by atoms with Gasteiger partial charge >= 0.3 is 0 Å². The second-order valence-corrected chi connectivity index (χ2v) is 4.58. The van der Waals surface area contributed by atoms with Crippen molar-refractivity contribution in [2.45, 2.75) is 6.42 Å². The van der Waals surface area contributed by atoms with E-state index in [1.807, 2.05) is 0 Å². The lowest BCUT2D eigenvalue weighted by atomic mass is 10.2. The second kappa shape index (κ2) is 6.76. The van der Waals surface area contributed by atoms with Gasteiger partial charge in [0, 0.05) is 30.6 Å². The first-order chi connectivity index (χ1) is 10.1. The third-order valence-corrected chi connectivity index (χ3v) is 3.04. The van der Waals surface area contributed by atoms with Crippen LogP contribution in [0.15, 0.2) is 36.9 Å². The largest absolute Gasteiger partial charge is 0.352 e. The van der Waals surface area contributed by atoms with Crippen molar-refractivity contribution in [3.05, 3.63) is 63.2 Å². The summed E-state index contributed by atoms with van der Waals surface area (Å²) >= 11 is 5.69. The number of nitro benzene ring substituents is 1. The highest BCUT2D eigenvalue weighted by molar-refractivity contribution is 6.32. The molecule has 0 fully saturated rings. The van der Waals surface area contributed by atoms with E-state index in [9.17, 15) is 14.9 Å². The summed E-state index contributed by atoms with van der Waals surface area (Å²) in [7, 11) is 0. The van der Waals surface area contributed by atoms with Crippen LogP contribution in [0.3, 0.4) is 0 Å². The Kier molecular flexibility index (Phi) is 4.78. The Hall–Kier alpha value is -2.54. The third kappa shape index (κ3) is 3.96. The topological polar surface area (TPSA) is 98.0 Å². The van der Waals surface area contributed by atoms with Gasteiger partial charge in [-0.1, -0.05) is 11.6 Å². The molecule has 21 heavy (non-hydrogen) atoms. The predicted molar refractivity (Wildman–Crippen MR) is 76.2 cm³/mol. The van der Waals surface area contributed by atoms with Gasteiger partial charge in [-0.25, -0.2) is 9.97 Å². The van der Waals surface area contributed by atoms with Gasteiger partial charge < -0.3 is 5.32 Å². The molecular weight excluding hydrogens is 296 g/mol. The fourth-order valence-electron chi connectivity index (χ4n) is 1.68. The molecule has 1 N–H and O–H groups in total. The quantitative estimate of drug-likeness (QED) is 0.673. The van der Waals surface area contributed by atoms with E-state index in [4.69, 9.17) is 11.6 Å². The highest BCUT2D eigenvalue weighted by Gasteiger charge is 2.15. The SMILES string of the molecule is O=C(NCCc1cncnc1)c1ccc(Cl)c([N+](=O)[O-])c1. The van der Waals surface area contributed by atoms with Gasteiger partial charge in [-0.15, -0.1) is 0 Å². The van der Waals surface area contributed by atoms with Crippen molar-refractivity contribution in [3.63, 3.8) is 0 Å². The fourth-order valence-corrected chi connectivity index (χ4v) is 1.86. The minimum Gasteiger partial charge on any atom is -0.352 e. The van der Waals surface area contributed by atoms with Gasteiger partial charge in [-0.3, -0.25) is 14.9 Å². The molecule has 0 spiro atoms. The van der Waals surface area contributed by atoms with Crippen molar-refractivity contribution in [1.29, 1.82) is 0 Å². The molecule has 0 saturated heterocycles. The zero-order valence-corrected chi connectivity index (χ0v) is 11.6. The molecule has 0 aliphatic heterocycles. The van der Waals surface area contributed by atoms with E-state index in [1.165, 1.54) is 18.5 Å². The van der Waals surface area contributed by atoms with Gasteiger partial charge in [0.25, 0.3) is 11.6 Å². The minimum absolute atomic E-state index is 0.00187. The molecule has 1 aromatic heterocycles. The van der Waals surface area contributed by atoms with Crippen molar-refractivity contribution in [3.8, 4) is 0 Å². The molecule has 0 aliphatic carbocycles. The maximum absolute atomic E-state index is 11.9. The number of hydrogen-bond donors (Lipinski definition) is 1. The number of nitrogens with one attached hydrogen (secondary N) is 1. The van der Waals surface area contributed by atoms with Crippen LogP contribution >= 0.6 is 11.6 Å². The number of hydrogen-bond acceptors (Lipinski definition) is 5. The summed E-state index contributed by atoms with van der Waals surface area (Å²) in [6.07, 6.45) is 5.32. The van der Waals surface area contributed by atoms with E-state index in [0.29, 0.717) is 13.0 Å². The number of aromatic nitrogens is 2. The smallest absolute Gasteiger partial charge is 0.288 e. The predicted octanol–water partition coefficient (Wildman–Crippen LogP) is 2.01. The molecule has 0 radical (unpaired) electrons. The Morgan fingerprint density at radius 1 is 1.33 bits per heavy atom. The Morgan fingerprint density at radius 3 is 2.71 bits per heavy atom. The molecule has 7 nitrogen and oxygen atoms in total. The summed E-state index contributed by atoms with van der Waals surface area (Å²) < 4.78 is 0. The van der Waals surface area contributed by atoms with Crippen molar-refractivity contribution in [2.75, 3.05) is 6.54 Å². The average Bonchev–Trinajstić information content (AvgIpc) is 2.48. The number of nitrogens with zero attached hydrogens (tertiary/aromatic N) is 3. The molecule has 1 amide bonds. The van der Waals surface area contributed by atoms with E-state index in [1.54, 1.807) is 12.4 Å². The number of carbonyl (C=O) groups excluding carboxylic acids is 1. The lowest BCUT2D eigenvalue weighted by molar-refractivity contribution is -0.384. The number of nitro groups is 1. The summed E-state index contributed by atoms with van der Waals surface area (Å²) in [6.45, 7) is 0.378. The Morgan fingerprint density at radius 2 is 2.05 bits per heavy atom. The van der Waals surface area contributed by atoms with E-state index in [2.05, 4.69) is 15.3 Å². The molecule has 1 heterocycles. The summed E-state index contributed by atoms with van der Waals surface area (Å²) in [5.41, 5.74) is 0.788. The molecule has 1 aromatic carbocycles. The molecule has 0 aliphatic rings. The summed E-state index contributed by atoms with van der Waals surface area (Å²) in [5, 5.41) is 13.4. The maximum atomic E-state index is 11.9. The van der Waals surface area contributed by atoms with Crippen molar-refractivity contribution < 1.29 is 9.72 Å². The zero-order chi connectivity index (χ0) is 15.2. The molecule has 0 unspecified atom stereocenters. The summed E-state index contributed by atoms with van der Waals surface area (Å²) in [6, 6.07) is 3.93. The normalized spacial score (nSPS) is 10.1. The van der Waals surface area contributed by atoms with E-state index in [-0.39, 0.29) is 16.3 Å². The average molecular weight is 307 g/mol. The number of amides is 1. The van der Waals surface area contributed by atoms with Crippen molar-refractivity contribution in [1.82, 2.24) is 15.3 Å². The molecule has 108 valence electrons. The number of carbonyl (C=O) groups is 1. The maximum Gasteiger partial charge on any atom is 0.288 e. The lowest BCUT2D eigenvalue weighted by Crippen LogP contribution is -2.25. The van der Waals surface area contributed by atoms with Gasteiger partial charge in [0.05, 0.1) is 4.92 Å². The van der Waals surface area contributed by atoms with Crippen LogP contribution in [0.25, 0.3) is 0 Å². The number of halogens is 1. The molecule has 0 saturated carbocycles. The molecule has 0 atom stereocenters. The van der Waals surface area contributed by atoms with Crippen LogP contribution in [0.5, 0.6) is 0 Å². The van der Waals surface area contributed by atoms with Crippen LogP contribution in [-0.4, -0.2) is 27.3 Å². The highest BCUT2D eigenvalue weighted by atomic mass is 35.5. The van der Waals surface area contributed by atoms with Crippen LogP contribution in [0.4, 0.5) is 5.69 Å². The van der Waals surface area contributed by atoms with Crippen LogP contribution in [-0.2, 0) is 6.42 Å². The van der Waals surface area contributed by atoms with Gasteiger partial charge in [0.2, 0.25) is 0 Å². The standard InChI is InChI=1S/C13H11ClN4O3/c14-11-2-1-10(5-12(11)18(20)21)13(19)17-4-3-9-6-15-8-16-7-9/h1-2,5-8H,3-4H2,(H,17,19). The molecule has 8 heteroatoms. The fraction of sp³-hybridized carbons (Fsp3) is 0.154. The van der Waals surface area contributed by atoms with Gasteiger partial charge in [0.1, 0.15) is 11.3 Å². The first-order valence-electron chi connectivity index (χ1n) is 6.04. The number of rotatable bonds is 5. The lowest BCUT2D eigenvalue weighted by Gasteiger charge is -2.05.